The molecule has 2 fully saturated rings. The van der Waals surface area contributed by atoms with E-state index < -0.39 is 0 Å². The summed E-state index contributed by atoms with van der Waals surface area (Å²) in [5.41, 5.74) is 1.38. The maximum absolute atomic E-state index is 5.70. The summed E-state index contributed by atoms with van der Waals surface area (Å²) in [6.45, 7) is 5.02. The van der Waals surface area contributed by atoms with E-state index in [1.54, 1.807) is 7.11 Å². The maximum Gasteiger partial charge on any atom is 0.191 e. The van der Waals surface area contributed by atoms with Gasteiger partial charge < -0.3 is 24.8 Å². The molecule has 2 N–H and O–H groups in total. The third kappa shape index (κ3) is 6.11. The van der Waals surface area contributed by atoms with Crippen LogP contribution in [0.2, 0.25) is 0 Å². The van der Waals surface area contributed by atoms with E-state index in [2.05, 4.69) is 27.8 Å². The smallest absolute Gasteiger partial charge is 0.191 e. The van der Waals surface area contributed by atoms with E-state index in [-0.39, 0.29) is 5.41 Å². The molecule has 1 aliphatic heterocycles. The maximum atomic E-state index is 5.70. The van der Waals surface area contributed by atoms with E-state index >= 15 is 0 Å². The fraction of sp³-hybridized carbons (Fsp3) is 0.682. The Kier molecular flexibility index (Phi) is 7.98. The van der Waals surface area contributed by atoms with Crippen molar-refractivity contribution in [1.29, 1.82) is 0 Å². The molecule has 3 rings (SSSR count). The minimum Gasteiger partial charge on any atom is -0.497 e. The first kappa shape index (κ1) is 20.9. The van der Waals surface area contributed by atoms with Gasteiger partial charge >= 0.3 is 0 Å². The van der Waals surface area contributed by atoms with Crippen LogP contribution in [0.15, 0.2) is 29.3 Å². The van der Waals surface area contributed by atoms with Crippen LogP contribution in [0.25, 0.3) is 0 Å². The molecule has 0 aromatic heterocycles. The van der Waals surface area contributed by atoms with Crippen molar-refractivity contribution in [3.63, 3.8) is 0 Å². The number of ether oxygens (including phenoxy) is 3. The molecule has 28 heavy (non-hydrogen) atoms. The van der Waals surface area contributed by atoms with Gasteiger partial charge in [0.15, 0.2) is 5.96 Å². The van der Waals surface area contributed by atoms with E-state index in [4.69, 9.17) is 14.2 Å². The van der Waals surface area contributed by atoms with Crippen molar-refractivity contribution < 1.29 is 14.2 Å². The molecule has 156 valence electrons. The van der Waals surface area contributed by atoms with Crippen molar-refractivity contribution in [3.8, 4) is 5.75 Å². The quantitative estimate of drug-likeness (QED) is 0.366. The summed E-state index contributed by atoms with van der Waals surface area (Å²) in [5, 5.41) is 6.94. The molecule has 1 aromatic rings. The number of rotatable bonds is 10. The summed E-state index contributed by atoms with van der Waals surface area (Å²) in [7, 11) is 3.52. The van der Waals surface area contributed by atoms with E-state index in [1.165, 1.54) is 18.4 Å². The molecule has 0 amide bonds. The molecule has 1 aliphatic carbocycles. The van der Waals surface area contributed by atoms with Gasteiger partial charge in [-0.15, -0.1) is 0 Å². The summed E-state index contributed by atoms with van der Waals surface area (Å²) >= 11 is 0. The minimum absolute atomic E-state index is 0.0511. The number of aliphatic imine (C=N–C) groups is 1. The first-order valence-electron chi connectivity index (χ1n) is 10.5. The molecule has 0 unspecified atom stereocenters. The zero-order valence-corrected chi connectivity index (χ0v) is 17.3. The Hall–Kier alpha value is -1.79. The van der Waals surface area contributed by atoms with Crippen LogP contribution in [0.5, 0.6) is 5.75 Å². The lowest BCUT2D eigenvalue weighted by Crippen LogP contribution is -2.48. The molecule has 1 saturated carbocycles. The summed E-state index contributed by atoms with van der Waals surface area (Å²) in [6.07, 6.45) is 5.67. The largest absolute Gasteiger partial charge is 0.497 e. The van der Waals surface area contributed by atoms with Crippen molar-refractivity contribution in [2.75, 3.05) is 53.7 Å². The molecule has 1 heterocycles. The Morgan fingerprint density at radius 2 is 1.93 bits per heavy atom. The molecular formula is C22H35N3O3. The fourth-order valence-electron chi connectivity index (χ4n) is 3.66. The van der Waals surface area contributed by atoms with Crippen molar-refractivity contribution in [2.45, 2.75) is 37.5 Å². The van der Waals surface area contributed by atoms with Gasteiger partial charge in [0.25, 0.3) is 0 Å². The van der Waals surface area contributed by atoms with Crippen LogP contribution in [0, 0.1) is 5.92 Å². The average Bonchev–Trinajstić information content (AvgIpc) is 3.58. The predicted octanol–water partition coefficient (Wildman–Crippen LogP) is 2.73. The molecule has 0 spiro atoms. The topological polar surface area (TPSA) is 64.1 Å². The van der Waals surface area contributed by atoms with Gasteiger partial charge in [-0.05, 0) is 55.7 Å². The van der Waals surface area contributed by atoms with Gasteiger partial charge in [-0.2, -0.15) is 0 Å². The lowest BCUT2D eigenvalue weighted by atomic mass is 9.74. The first-order valence-corrected chi connectivity index (χ1v) is 10.5. The van der Waals surface area contributed by atoms with Gasteiger partial charge in [-0.1, -0.05) is 12.1 Å². The lowest BCUT2D eigenvalue weighted by molar-refractivity contribution is 0.0513. The zero-order chi connectivity index (χ0) is 19.7. The molecule has 2 aliphatic rings. The van der Waals surface area contributed by atoms with Crippen LogP contribution in [0.1, 0.15) is 37.7 Å². The molecule has 0 bridgehead atoms. The molecule has 6 nitrogen and oxygen atoms in total. The van der Waals surface area contributed by atoms with Crippen LogP contribution in [0.3, 0.4) is 0 Å². The van der Waals surface area contributed by atoms with Crippen molar-refractivity contribution in [3.05, 3.63) is 29.8 Å². The predicted molar refractivity (Wildman–Crippen MR) is 112 cm³/mol. The third-order valence-corrected chi connectivity index (χ3v) is 5.78. The molecule has 1 saturated heterocycles. The highest BCUT2D eigenvalue weighted by atomic mass is 16.5. The standard InChI is InChI=1S/C22H35N3O3/c1-23-21(24-12-3-13-28-16-18-4-5-18)25-17-22(10-14-27-15-11-22)19-6-8-20(26-2)9-7-19/h6-9,18H,3-5,10-17H2,1-2H3,(H2,23,24,25). The highest BCUT2D eigenvalue weighted by molar-refractivity contribution is 5.79. The van der Waals surface area contributed by atoms with Crippen LogP contribution in [0.4, 0.5) is 0 Å². The van der Waals surface area contributed by atoms with Gasteiger partial charge in [0, 0.05) is 52.0 Å². The molecule has 1 aromatic carbocycles. The third-order valence-electron chi connectivity index (χ3n) is 5.78. The SMILES string of the molecule is CN=C(NCCCOCC1CC1)NCC1(c2ccc(OC)cc2)CCOCC1. The molecule has 6 heteroatoms. The second-order valence-electron chi connectivity index (χ2n) is 7.85. The normalized spacial score (nSPS) is 19.3. The Morgan fingerprint density at radius 3 is 2.57 bits per heavy atom. The van der Waals surface area contributed by atoms with Crippen LogP contribution in [-0.2, 0) is 14.9 Å². The summed E-state index contributed by atoms with van der Waals surface area (Å²) < 4.78 is 16.6. The Bertz CT molecular complexity index is 608. The Labute approximate surface area is 169 Å². The van der Waals surface area contributed by atoms with E-state index in [1.807, 2.05) is 19.2 Å². The fourth-order valence-corrected chi connectivity index (χ4v) is 3.66. The van der Waals surface area contributed by atoms with E-state index in [9.17, 15) is 0 Å². The number of hydrogen-bond donors (Lipinski definition) is 2. The number of guanidine groups is 1. The van der Waals surface area contributed by atoms with Gasteiger partial charge in [-0.25, -0.2) is 0 Å². The second kappa shape index (κ2) is 10.7. The summed E-state index contributed by atoms with van der Waals surface area (Å²) in [6, 6.07) is 8.45. The number of nitrogens with zero attached hydrogens (tertiary/aromatic N) is 1. The van der Waals surface area contributed by atoms with Crippen molar-refractivity contribution in [2.24, 2.45) is 10.9 Å². The number of benzene rings is 1. The Balaban J connectivity index is 1.48. The molecule has 0 radical (unpaired) electrons. The highest BCUT2D eigenvalue weighted by Crippen LogP contribution is 2.35. The zero-order valence-electron chi connectivity index (χ0n) is 17.3. The Morgan fingerprint density at radius 1 is 1.18 bits per heavy atom. The van der Waals surface area contributed by atoms with Crippen molar-refractivity contribution >= 4 is 5.96 Å². The minimum atomic E-state index is 0.0511. The number of methoxy groups -OCH3 is 1. The number of nitrogens with one attached hydrogen (secondary N) is 2. The summed E-state index contributed by atoms with van der Waals surface area (Å²) in [5.74, 6) is 2.57. The summed E-state index contributed by atoms with van der Waals surface area (Å²) in [4.78, 5) is 4.38. The second-order valence-corrected chi connectivity index (χ2v) is 7.85. The lowest BCUT2D eigenvalue weighted by Gasteiger charge is -2.38. The average molecular weight is 390 g/mol. The molecular weight excluding hydrogens is 354 g/mol. The van der Waals surface area contributed by atoms with Crippen LogP contribution < -0.4 is 15.4 Å². The van der Waals surface area contributed by atoms with Gasteiger partial charge in [0.05, 0.1) is 7.11 Å². The number of hydrogen-bond acceptors (Lipinski definition) is 4. The van der Waals surface area contributed by atoms with Gasteiger partial charge in [-0.3, -0.25) is 4.99 Å². The van der Waals surface area contributed by atoms with Crippen molar-refractivity contribution in [1.82, 2.24) is 10.6 Å². The van der Waals surface area contributed by atoms with Crippen LogP contribution in [-0.4, -0.2) is 59.6 Å². The molecule has 0 atom stereocenters. The van der Waals surface area contributed by atoms with Crippen LogP contribution >= 0.6 is 0 Å². The highest BCUT2D eigenvalue weighted by Gasteiger charge is 2.34. The van der Waals surface area contributed by atoms with E-state index in [0.29, 0.717) is 0 Å². The monoisotopic (exact) mass is 389 g/mol. The first-order chi connectivity index (χ1) is 13.8. The van der Waals surface area contributed by atoms with Gasteiger partial charge in [0.2, 0.25) is 0 Å². The van der Waals surface area contributed by atoms with Gasteiger partial charge in [0.1, 0.15) is 5.75 Å². The van der Waals surface area contributed by atoms with E-state index in [0.717, 1.165) is 76.4 Å².